The van der Waals surface area contributed by atoms with Crippen LogP contribution >= 0.6 is 12.0 Å². The molecule has 0 spiro atoms. The Hall–Kier alpha value is -1.23. The molecule has 0 bridgehead atoms. The molecule has 0 aliphatic heterocycles. The van der Waals surface area contributed by atoms with E-state index in [1.54, 1.807) is 18.2 Å². The van der Waals surface area contributed by atoms with E-state index in [1.165, 1.54) is 18.1 Å². The van der Waals surface area contributed by atoms with Gasteiger partial charge in [-0.05, 0) is 6.07 Å². The fraction of sp³-hybridized carbons (Fsp3) is 0.250. The van der Waals surface area contributed by atoms with E-state index >= 15 is 0 Å². The summed E-state index contributed by atoms with van der Waals surface area (Å²) >= 11 is 1.19. The van der Waals surface area contributed by atoms with Crippen molar-refractivity contribution in [3.05, 3.63) is 34.4 Å². The number of rotatable bonds is 4. The van der Waals surface area contributed by atoms with Crippen molar-refractivity contribution in [3.8, 4) is 5.75 Å². The maximum absolute atomic E-state index is 10.5. The van der Waals surface area contributed by atoms with Gasteiger partial charge in [-0.3, -0.25) is 10.1 Å². The standard InChI is InChI=1S/C8H9NO3S/c1-2-13-12-8-6-4-3-5-7(8)9(10)11/h3-6H,2H2,1H3. The summed E-state index contributed by atoms with van der Waals surface area (Å²) in [7, 11) is 0. The van der Waals surface area contributed by atoms with Gasteiger partial charge in [0.15, 0.2) is 0 Å². The minimum atomic E-state index is -0.453. The molecule has 0 N–H and O–H groups in total. The zero-order valence-electron chi connectivity index (χ0n) is 7.10. The third kappa shape index (κ3) is 2.62. The first-order valence-electron chi connectivity index (χ1n) is 3.78. The van der Waals surface area contributed by atoms with Gasteiger partial charge in [0.25, 0.3) is 0 Å². The van der Waals surface area contributed by atoms with Gasteiger partial charge in [0.05, 0.1) is 17.0 Å². The van der Waals surface area contributed by atoms with Crippen LogP contribution in [-0.2, 0) is 0 Å². The van der Waals surface area contributed by atoms with Crippen LogP contribution < -0.4 is 4.18 Å². The van der Waals surface area contributed by atoms with Crippen molar-refractivity contribution in [2.24, 2.45) is 0 Å². The maximum Gasteiger partial charge on any atom is 0.312 e. The largest absolute Gasteiger partial charge is 0.419 e. The van der Waals surface area contributed by atoms with E-state index in [9.17, 15) is 10.1 Å². The summed E-state index contributed by atoms with van der Waals surface area (Å²) in [6.07, 6.45) is 0. The van der Waals surface area contributed by atoms with E-state index in [1.807, 2.05) is 6.92 Å². The number of hydrogen-bond donors (Lipinski definition) is 0. The highest BCUT2D eigenvalue weighted by molar-refractivity contribution is 7.94. The van der Waals surface area contributed by atoms with Gasteiger partial charge in [-0.25, -0.2) is 0 Å². The third-order valence-corrected chi connectivity index (χ3v) is 1.86. The van der Waals surface area contributed by atoms with Crippen molar-refractivity contribution >= 4 is 17.7 Å². The highest BCUT2D eigenvalue weighted by Crippen LogP contribution is 2.28. The molecule has 0 aliphatic rings. The van der Waals surface area contributed by atoms with Crippen molar-refractivity contribution in [2.75, 3.05) is 5.75 Å². The van der Waals surface area contributed by atoms with E-state index in [0.29, 0.717) is 5.75 Å². The smallest absolute Gasteiger partial charge is 0.312 e. The van der Waals surface area contributed by atoms with E-state index < -0.39 is 4.92 Å². The molecule has 0 unspecified atom stereocenters. The Labute approximate surface area is 80.3 Å². The third-order valence-electron chi connectivity index (χ3n) is 1.33. The van der Waals surface area contributed by atoms with Gasteiger partial charge < -0.3 is 4.18 Å². The highest BCUT2D eigenvalue weighted by Gasteiger charge is 2.13. The van der Waals surface area contributed by atoms with Gasteiger partial charge in [0.1, 0.15) is 0 Å². The first-order chi connectivity index (χ1) is 6.25. The molecule has 0 heterocycles. The molecule has 0 saturated heterocycles. The summed E-state index contributed by atoms with van der Waals surface area (Å²) in [5.74, 6) is 1.06. The zero-order chi connectivity index (χ0) is 9.68. The molecule has 5 heteroatoms. The Morgan fingerprint density at radius 1 is 1.54 bits per heavy atom. The monoisotopic (exact) mass is 199 g/mol. The lowest BCUT2D eigenvalue weighted by Gasteiger charge is -2.01. The molecule has 0 atom stereocenters. The van der Waals surface area contributed by atoms with Gasteiger partial charge in [0.2, 0.25) is 5.75 Å². The lowest BCUT2D eigenvalue weighted by molar-refractivity contribution is -0.385. The summed E-state index contributed by atoms with van der Waals surface area (Å²) in [5.41, 5.74) is 0.00319. The van der Waals surface area contributed by atoms with Crippen molar-refractivity contribution < 1.29 is 9.11 Å². The molecular weight excluding hydrogens is 190 g/mol. The number of hydrogen-bond acceptors (Lipinski definition) is 4. The van der Waals surface area contributed by atoms with E-state index in [0.717, 1.165) is 5.75 Å². The van der Waals surface area contributed by atoms with Crippen LogP contribution in [0.4, 0.5) is 5.69 Å². The average Bonchev–Trinajstić information content (AvgIpc) is 2.15. The van der Waals surface area contributed by atoms with Crippen LogP contribution in [0, 0.1) is 10.1 Å². The molecule has 0 saturated carbocycles. The maximum atomic E-state index is 10.5. The number of nitrogens with zero attached hydrogens (tertiary/aromatic N) is 1. The second-order valence-electron chi connectivity index (χ2n) is 2.21. The summed E-state index contributed by atoms with van der Waals surface area (Å²) in [5, 5.41) is 10.5. The molecule has 4 nitrogen and oxygen atoms in total. The molecular formula is C8H9NO3S. The van der Waals surface area contributed by atoms with Crippen LogP contribution in [0.1, 0.15) is 6.92 Å². The molecule has 0 amide bonds. The SMILES string of the molecule is CCSOc1ccccc1[N+](=O)[O-]. The van der Waals surface area contributed by atoms with Gasteiger partial charge in [-0.2, -0.15) is 0 Å². The van der Waals surface area contributed by atoms with Crippen LogP contribution in [-0.4, -0.2) is 10.7 Å². The van der Waals surface area contributed by atoms with Crippen LogP contribution in [0.2, 0.25) is 0 Å². The molecule has 0 radical (unpaired) electrons. The average molecular weight is 199 g/mol. The zero-order valence-corrected chi connectivity index (χ0v) is 7.91. The predicted molar refractivity (Wildman–Crippen MR) is 51.9 cm³/mol. The Morgan fingerprint density at radius 3 is 2.85 bits per heavy atom. The van der Waals surface area contributed by atoms with Crippen molar-refractivity contribution in [2.45, 2.75) is 6.92 Å². The molecule has 0 aliphatic carbocycles. The fourth-order valence-electron chi connectivity index (χ4n) is 0.801. The summed E-state index contributed by atoms with van der Waals surface area (Å²) < 4.78 is 5.12. The van der Waals surface area contributed by atoms with E-state index in [2.05, 4.69) is 0 Å². The molecule has 0 aromatic heterocycles. The quantitative estimate of drug-likeness (QED) is 0.425. The van der Waals surface area contributed by atoms with E-state index in [-0.39, 0.29) is 5.69 Å². The summed E-state index contributed by atoms with van der Waals surface area (Å²) in [6, 6.07) is 6.33. The second kappa shape index (κ2) is 4.71. The van der Waals surface area contributed by atoms with Crippen LogP contribution in [0.5, 0.6) is 5.75 Å². The number of nitro groups is 1. The Balaban J connectivity index is 2.84. The van der Waals surface area contributed by atoms with Gasteiger partial charge in [-0.1, -0.05) is 19.1 Å². The Morgan fingerprint density at radius 2 is 2.23 bits per heavy atom. The van der Waals surface area contributed by atoms with E-state index in [4.69, 9.17) is 4.18 Å². The minimum Gasteiger partial charge on any atom is -0.419 e. The summed E-state index contributed by atoms with van der Waals surface area (Å²) in [6.45, 7) is 1.92. The fourth-order valence-corrected chi connectivity index (χ4v) is 1.19. The number of nitro benzene ring substituents is 1. The topological polar surface area (TPSA) is 52.4 Å². The Kier molecular flexibility index (Phi) is 3.57. The molecule has 1 aromatic carbocycles. The molecule has 0 fully saturated rings. The Bertz CT molecular complexity index is 303. The van der Waals surface area contributed by atoms with Crippen molar-refractivity contribution in [1.29, 1.82) is 0 Å². The first kappa shape index (κ1) is 9.85. The molecule has 1 aromatic rings. The van der Waals surface area contributed by atoms with Crippen LogP contribution in [0.25, 0.3) is 0 Å². The second-order valence-corrected chi connectivity index (χ2v) is 3.19. The first-order valence-corrected chi connectivity index (χ1v) is 4.69. The van der Waals surface area contributed by atoms with Gasteiger partial charge >= 0.3 is 5.69 Å². The van der Waals surface area contributed by atoms with Gasteiger partial charge in [0, 0.05) is 11.8 Å². The normalized spacial score (nSPS) is 9.62. The minimum absolute atomic E-state index is 0.00319. The highest BCUT2D eigenvalue weighted by atomic mass is 32.2. The molecule has 70 valence electrons. The number of para-hydroxylation sites is 2. The van der Waals surface area contributed by atoms with Gasteiger partial charge in [-0.15, -0.1) is 0 Å². The van der Waals surface area contributed by atoms with Crippen LogP contribution in [0.3, 0.4) is 0 Å². The summed E-state index contributed by atoms with van der Waals surface area (Å²) in [4.78, 5) is 10.0. The lowest BCUT2D eigenvalue weighted by Crippen LogP contribution is -1.91. The van der Waals surface area contributed by atoms with Crippen molar-refractivity contribution in [1.82, 2.24) is 0 Å². The number of benzene rings is 1. The molecule has 13 heavy (non-hydrogen) atoms. The predicted octanol–water partition coefficient (Wildman–Crippen LogP) is 2.64. The van der Waals surface area contributed by atoms with Crippen LogP contribution in [0.15, 0.2) is 24.3 Å². The van der Waals surface area contributed by atoms with Crippen molar-refractivity contribution in [3.63, 3.8) is 0 Å². The lowest BCUT2D eigenvalue weighted by atomic mass is 10.3. The molecule has 1 rings (SSSR count).